The molecule has 4 aromatic rings. The van der Waals surface area contributed by atoms with E-state index in [4.69, 9.17) is 9.84 Å². The van der Waals surface area contributed by atoms with Crippen molar-refractivity contribution >= 4 is 16.7 Å². The second kappa shape index (κ2) is 9.09. The van der Waals surface area contributed by atoms with Crippen LogP contribution in [0.25, 0.3) is 21.9 Å². The van der Waals surface area contributed by atoms with Gasteiger partial charge in [-0.05, 0) is 65.8 Å². The Balaban J connectivity index is 1.88. The molecule has 7 heteroatoms. The monoisotopic (exact) mass is 466 g/mol. The molecule has 0 fully saturated rings. The van der Waals surface area contributed by atoms with Gasteiger partial charge in [0, 0.05) is 17.4 Å². The molecule has 0 aromatic heterocycles. The van der Waals surface area contributed by atoms with Gasteiger partial charge in [0.2, 0.25) is 0 Å². The Hall–Kier alpha value is -4.00. The minimum Gasteiger partial charge on any atom is -0.508 e. The number of carboxylic acid groups (broad SMARTS) is 1. The molecule has 2 N–H and O–H groups in total. The number of alkyl halides is 3. The van der Waals surface area contributed by atoms with Crippen molar-refractivity contribution in [3.8, 4) is 28.4 Å². The molecule has 0 aliphatic heterocycles. The number of carboxylic acids is 1. The molecule has 0 radical (unpaired) electrons. The van der Waals surface area contributed by atoms with Crippen LogP contribution in [0.5, 0.6) is 17.2 Å². The minimum absolute atomic E-state index is 0.0245. The molecule has 4 rings (SSSR count). The van der Waals surface area contributed by atoms with Crippen molar-refractivity contribution in [3.63, 3.8) is 0 Å². The first kappa shape index (κ1) is 23.2. The highest BCUT2D eigenvalue weighted by atomic mass is 19.4. The largest absolute Gasteiger partial charge is 0.508 e. The molecule has 174 valence electrons. The zero-order valence-corrected chi connectivity index (χ0v) is 18.2. The van der Waals surface area contributed by atoms with Gasteiger partial charge in [0.1, 0.15) is 17.2 Å². The maximum atomic E-state index is 13.8. The lowest BCUT2D eigenvalue weighted by Gasteiger charge is -2.19. The third-order valence-corrected chi connectivity index (χ3v) is 5.55. The summed E-state index contributed by atoms with van der Waals surface area (Å²) < 4.78 is 47.4. The van der Waals surface area contributed by atoms with Crippen LogP contribution >= 0.6 is 0 Å². The normalized spacial score (nSPS) is 11.5. The van der Waals surface area contributed by atoms with Crippen LogP contribution < -0.4 is 4.74 Å². The van der Waals surface area contributed by atoms with Gasteiger partial charge in [0.25, 0.3) is 0 Å². The predicted octanol–water partition coefficient (Wildman–Crippen LogP) is 7.35. The van der Waals surface area contributed by atoms with E-state index in [2.05, 4.69) is 0 Å². The molecule has 0 atom stereocenters. The number of hydrogen-bond acceptors (Lipinski definition) is 3. The molecule has 0 unspecified atom stereocenters. The summed E-state index contributed by atoms with van der Waals surface area (Å²) >= 11 is 0. The van der Waals surface area contributed by atoms with Gasteiger partial charge in [-0.25, -0.2) is 0 Å². The smallest absolute Gasteiger partial charge is 0.416 e. The second-order valence-electron chi connectivity index (χ2n) is 7.98. The summed E-state index contributed by atoms with van der Waals surface area (Å²) in [6.45, 7) is 1.87. The Kier molecular flexibility index (Phi) is 6.20. The fourth-order valence-corrected chi connectivity index (χ4v) is 4.03. The van der Waals surface area contributed by atoms with Crippen molar-refractivity contribution in [2.24, 2.45) is 0 Å². The average Bonchev–Trinajstić information content (AvgIpc) is 2.77. The highest BCUT2D eigenvalue weighted by Gasteiger charge is 2.34. The molecule has 0 heterocycles. The molecule has 0 saturated heterocycles. The van der Waals surface area contributed by atoms with E-state index in [1.54, 1.807) is 12.1 Å². The van der Waals surface area contributed by atoms with Gasteiger partial charge in [0.05, 0.1) is 5.56 Å². The molecule has 4 nitrogen and oxygen atoms in total. The number of aryl methyl sites for hydroxylation is 2. The molecule has 0 spiro atoms. The fourth-order valence-electron chi connectivity index (χ4n) is 4.03. The maximum Gasteiger partial charge on any atom is 0.416 e. The lowest BCUT2D eigenvalue weighted by atomic mass is 9.94. The van der Waals surface area contributed by atoms with Crippen LogP contribution in [0, 0.1) is 6.92 Å². The van der Waals surface area contributed by atoms with Crippen molar-refractivity contribution < 1.29 is 32.9 Å². The van der Waals surface area contributed by atoms with Crippen molar-refractivity contribution in [2.45, 2.75) is 25.9 Å². The molecular weight excluding hydrogens is 445 g/mol. The third kappa shape index (κ3) is 4.83. The number of phenols is 1. The second-order valence-corrected chi connectivity index (χ2v) is 7.98. The summed E-state index contributed by atoms with van der Waals surface area (Å²) in [7, 11) is 0. The van der Waals surface area contributed by atoms with E-state index in [0.717, 1.165) is 22.8 Å². The number of halogens is 3. The van der Waals surface area contributed by atoms with Gasteiger partial charge in [-0.2, -0.15) is 13.2 Å². The Labute approximate surface area is 193 Å². The first-order valence-electron chi connectivity index (χ1n) is 10.5. The van der Waals surface area contributed by atoms with E-state index in [0.29, 0.717) is 16.5 Å². The van der Waals surface area contributed by atoms with Gasteiger partial charge in [-0.3, -0.25) is 4.79 Å². The fraction of sp³-hybridized carbons (Fsp3) is 0.148. The van der Waals surface area contributed by atoms with Crippen LogP contribution in [-0.2, 0) is 17.4 Å². The van der Waals surface area contributed by atoms with Crippen molar-refractivity contribution in [3.05, 3.63) is 89.5 Å². The summed E-state index contributed by atoms with van der Waals surface area (Å²) in [5.41, 5.74) is 1.35. The first-order valence-corrected chi connectivity index (χ1v) is 10.5. The van der Waals surface area contributed by atoms with E-state index < -0.39 is 24.1 Å². The van der Waals surface area contributed by atoms with E-state index >= 15 is 0 Å². The molecule has 0 aliphatic rings. The number of fused-ring (bicyclic) bond motifs is 1. The Bertz CT molecular complexity index is 1360. The third-order valence-electron chi connectivity index (χ3n) is 5.55. The number of ether oxygens (including phenoxy) is 1. The van der Waals surface area contributed by atoms with E-state index in [-0.39, 0.29) is 23.5 Å². The van der Waals surface area contributed by atoms with E-state index in [9.17, 15) is 23.1 Å². The molecule has 0 bridgehead atoms. The van der Waals surface area contributed by atoms with Crippen molar-refractivity contribution in [1.82, 2.24) is 0 Å². The van der Waals surface area contributed by atoms with Crippen molar-refractivity contribution in [2.75, 3.05) is 0 Å². The topological polar surface area (TPSA) is 66.8 Å². The van der Waals surface area contributed by atoms with E-state index in [1.807, 2.05) is 43.3 Å². The summed E-state index contributed by atoms with van der Waals surface area (Å²) in [6, 6.07) is 19.5. The molecule has 0 amide bonds. The Morgan fingerprint density at radius 2 is 1.71 bits per heavy atom. The quantitative estimate of drug-likeness (QED) is 0.312. The Morgan fingerprint density at radius 3 is 2.38 bits per heavy atom. The first-order chi connectivity index (χ1) is 16.1. The van der Waals surface area contributed by atoms with Crippen LogP contribution in [0.3, 0.4) is 0 Å². The minimum atomic E-state index is -4.67. The van der Waals surface area contributed by atoms with Gasteiger partial charge >= 0.3 is 12.1 Å². The summed E-state index contributed by atoms with van der Waals surface area (Å²) in [5, 5.41) is 20.1. The predicted molar refractivity (Wildman–Crippen MR) is 123 cm³/mol. The van der Waals surface area contributed by atoms with Crippen LogP contribution in [0.4, 0.5) is 13.2 Å². The van der Waals surface area contributed by atoms with Crippen LogP contribution in [0.15, 0.2) is 72.8 Å². The summed E-state index contributed by atoms with van der Waals surface area (Å²) in [6.07, 6.45) is -5.32. The van der Waals surface area contributed by atoms with E-state index in [1.165, 1.54) is 18.2 Å². The van der Waals surface area contributed by atoms with Gasteiger partial charge < -0.3 is 14.9 Å². The number of benzene rings is 4. The SMILES string of the molecule is Cc1cc2cc(O)ccc2c(Oc2ccc(CCC(=O)O)c(C(F)(F)F)c2)c1-c1ccccc1. The highest BCUT2D eigenvalue weighted by Crippen LogP contribution is 2.44. The molecular formula is C27H21F3O4. The van der Waals surface area contributed by atoms with Gasteiger partial charge in [-0.15, -0.1) is 0 Å². The number of hydrogen-bond donors (Lipinski definition) is 2. The zero-order chi connectivity index (χ0) is 24.5. The van der Waals surface area contributed by atoms with Crippen molar-refractivity contribution in [1.29, 1.82) is 0 Å². The highest BCUT2D eigenvalue weighted by molar-refractivity contribution is 5.97. The van der Waals surface area contributed by atoms with Gasteiger partial charge in [-0.1, -0.05) is 42.5 Å². The maximum absolute atomic E-state index is 13.8. The summed E-state index contributed by atoms with van der Waals surface area (Å²) in [4.78, 5) is 10.9. The molecule has 4 aromatic carbocycles. The van der Waals surface area contributed by atoms with Crippen LogP contribution in [-0.4, -0.2) is 16.2 Å². The van der Waals surface area contributed by atoms with Crippen LogP contribution in [0.1, 0.15) is 23.1 Å². The number of aliphatic carboxylic acids is 1. The lowest BCUT2D eigenvalue weighted by Crippen LogP contribution is -2.11. The molecule has 0 saturated carbocycles. The molecule has 34 heavy (non-hydrogen) atoms. The number of aromatic hydroxyl groups is 1. The zero-order valence-electron chi connectivity index (χ0n) is 18.2. The standard InChI is InChI=1S/C27H21F3O4/c1-16-13-19-14-20(31)9-11-22(19)26(25(16)18-5-3-2-4-6-18)34-21-10-7-17(8-12-24(32)33)23(15-21)27(28,29)30/h2-7,9-11,13-15,31H,8,12H2,1H3,(H,32,33). The number of phenolic OH excluding ortho intramolecular Hbond substituents is 1. The van der Waals surface area contributed by atoms with Crippen LogP contribution in [0.2, 0.25) is 0 Å². The average molecular weight is 466 g/mol. The molecule has 0 aliphatic carbocycles. The number of rotatable bonds is 6. The lowest BCUT2D eigenvalue weighted by molar-refractivity contribution is -0.140. The summed E-state index contributed by atoms with van der Waals surface area (Å²) in [5.74, 6) is -0.765. The Morgan fingerprint density at radius 1 is 0.971 bits per heavy atom. The van der Waals surface area contributed by atoms with Gasteiger partial charge in [0.15, 0.2) is 0 Å². The number of carbonyl (C=O) groups is 1.